The number of esters is 1. The van der Waals surface area contributed by atoms with Crippen molar-refractivity contribution in [3.05, 3.63) is 53.0 Å². The highest BCUT2D eigenvalue weighted by atomic mass is 16.5. The summed E-state index contributed by atoms with van der Waals surface area (Å²) in [6, 6.07) is 7.67. The first-order valence-corrected chi connectivity index (χ1v) is 6.64. The number of fused-ring (bicyclic) bond motifs is 1. The number of hydrogen-bond acceptors (Lipinski definition) is 5. The SMILES string of the molecule is COC(=O)C1=C(C)Nc2ncnn2[C@H]1c1ccc(C)cc1. The maximum atomic E-state index is 12.2. The number of nitrogens with zero attached hydrogens (tertiary/aromatic N) is 3. The molecule has 0 spiro atoms. The summed E-state index contributed by atoms with van der Waals surface area (Å²) >= 11 is 0. The van der Waals surface area contributed by atoms with Crippen LogP contribution >= 0.6 is 0 Å². The van der Waals surface area contributed by atoms with E-state index < -0.39 is 0 Å². The number of carbonyl (C=O) groups excluding carboxylic acids is 1. The van der Waals surface area contributed by atoms with Gasteiger partial charge in [-0.3, -0.25) is 0 Å². The van der Waals surface area contributed by atoms with Crippen LogP contribution in [-0.4, -0.2) is 27.8 Å². The monoisotopic (exact) mass is 284 g/mol. The van der Waals surface area contributed by atoms with Crippen LogP contribution in [0.25, 0.3) is 0 Å². The number of anilines is 1. The quantitative estimate of drug-likeness (QED) is 0.855. The molecule has 0 fully saturated rings. The molecule has 2 aromatic rings. The van der Waals surface area contributed by atoms with Crippen molar-refractivity contribution in [2.75, 3.05) is 12.4 Å². The van der Waals surface area contributed by atoms with E-state index in [0.29, 0.717) is 11.5 Å². The van der Waals surface area contributed by atoms with Gasteiger partial charge in [-0.2, -0.15) is 10.1 Å². The molecule has 3 rings (SSSR count). The molecule has 2 heterocycles. The standard InChI is InChI=1S/C15H16N4O2/c1-9-4-6-11(7-5-9)13-12(14(20)21-3)10(2)18-15-16-8-17-19(13)15/h4-8,13H,1-3H3,(H,16,17,18)/t13-/m0/s1. The van der Waals surface area contributed by atoms with Gasteiger partial charge in [-0.1, -0.05) is 29.8 Å². The number of methoxy groups -OCH3 is 1. The Kier molecular flexibility index (Phi) is 3.21. The molecule has 0 unspecified atom stereocenters. The number of rotatable bonds is 2. The van der Waals surface area contributed by atoms with Gasteiger partial charge < -0.3 is 10.1 Å². The molecule has 1 N–H and O–H groups in total. The molecule has 1 aromatic carbocycles. The summed E-state index contributed by atoms with van der Waals surface area (Å²) < 4.78 is 6.63. The Morgan fingerprint density at radius 2 is 2.00 bits per heavy atom. The van der Waals surface area contributed by atoms with Crippen LogP contribution in [-0.2, 0) is 9.53 Å². The summed E-state index contributed by atoms with van der Waals surface area (Å²) in [5.74, 6) is 0.248. The minimum absolute atomic E-state index is 0.336. The molecule has 0 aliphatic carbocycles. The average molecular weight is 284 g/mol. The highest BCUT2D eigenvalue weighted by Crippen LogP contribution is 2.34. The molecule has 0 bridgehead atoms. The molecule has 0 amide bonds. The summed E-state index contributed by atoms with van der Waals surface area (Å²) in [5, 5.41) is 7.32. The lowest BCUT2D eigenvalue weighted by molar-refractivity contribution is -0.136. The van der Waals surface area contributed by atoms with Gasteiger partial charge in [0.05, 0.1) is 12.7 Å². The van der Waals surface area contributed by atoms with Gasteiger partial charge in [0.15, 0.2) is 0 Å². The second-order valence-corrected chi connectivity index (χ2v) is 5.00. The van der Waals surface area contributed by atoms with Crippen molar-refractivity contribution < 1.29 is 9.53 Å². The van der Waals surface area contributed by atoms with Gasteiger partial charge in [0.1, 0.15) is 12.4 Å². The molecule has 0 radical (unpaired) electrons. The third-order valence-electron chi connectivity index (χ3n) is 3.59. The topological polar surface area (TPSA) is 69.0 Å². The summed E-state index contributed by atoms with van der Waals surface area (Å²) in [6.07, 6.45) is 1.47. The van der Waals surface area contributed by atoms with Gasteiger partial charge in [-0.05, 0) is 19.4 Å². The Morgan fingerprint density at radius 1 is 1.29 bits per heavy atom. The van der Waals surface area contributed by atoms with Crippen LogP contribution < -0.4 is 5.32 Å². The first-order valence-electron chi connectivity index (χ1n) is 6.64. The first-order chi connectivity index (χ1) is 10.1. The molecular weight excluding hydrogens is 268 g/mol. The zero-order valence-corrected chi connectivity index (χ0v) is 12.1. The lowest BCUT2D eigenvalue weighted by Crippen LogP contribution is -2.29. The van der Waals surface area contributed by atoms with E-state index in [9.17, 15) is 4.79 Å². The largest absolute Gasteiger partial charge is 0.466 e. The van der Waals surface area contributed by atoms with E-state index in [-0.39, 0.29) is 12.0 Å². The molecule has 1 atom stereocenters. The fraction of sp³-hybridized carbons (Fsp3) is 0.267. The van der Waals surface area contributed by atoms with Gasteiger partial charge in [-0.15, -0.1) is 0 Å². The van der Waals surface area contributed by atoms with Crippen molar-refractivity contribution in [1.29, 1.82) is 0 Å². The van der Waals surface area contributed by atoms with Crippen molar-refractivity contribution in [2.45, 2.75) is 19.9 Å². The molecular formula is C15H16N4O2. The molecule has 21 heavy (non-hydrogen) atoms. The average Bonchev–Trinajstić information content (AvgIpc) is 2.94. The number of aryl methyl sites for hydroxylation is 1. The molecule has 1 aliphatic rings. The summed E-state index contributed by atoms with van der Waals surface area (Å²) in [7, 11) is 1.38. The number of aromatic nitrogens is 3. The Hall–Kier alpha value is -2.63. The Bertz CT molecular complexity index is 716. The van der Waals surface area contributed by atoms with E-state index in [4.69, 9.17) is 4.74 Å². The van der Waals surface area contributed by atoms with Gasteiger partial charge >= 0.3 is 5.97 Å². The van der Waals surface area contributed by atoms with E-state index in [2.05, 4.69) is 15.4 Å². The van der Waals surface area contributed by atoms with Crippen LogP contribution in [0.2, 0.25) is 0 Å². The van der Waals surface area contributed by atoms with E-state index in [1.165, 1.54) is 13.4 Å². The summed E-state index contributed by atoms with van der Waals surface area (Å²) in [5.41, 5.74) is 3.40. The van der Waals surface area contributed by atoms with Crippen LogP contribution in [0.15, 0.2) is 41.9 Å². The predicted molar refractivity (Wildman–Crippen MR) is 77.7 cm³/mol. The third kappa shape index (κ3) is 2.18. The summed E-state index contributed by atoms with van der Waals surface area (Å²) in [4.78, 5) is 16.4. The summed E-state index contributed by atoms with van der Waals surface area (Å²) in [6.45, 7) is 3.86. The smallest absolute Gasteiger partial charge is 0.338 e. The van der Waals surface area contributed by atoms with E-state index >= 15 is 0 Å². The molecule has 0 saturated carbocycles. The zero-order chi connectivity index (χ0) is 15.0. The number of allylic oxidation sites excluding steroid dienone is 1. The maximum Gasteiger partial charge on any atom is 0.338 e. The molecule has 1 aromatic heterocycles. The van der Waals surface area contributed by atoms with Crippen molar-refractivity contribution in [2.24, 2.45) is 0 Å². The van der Waals surface area contributed by atoms with Crippen molar-refractivity contribution in [1.82, 2.24) is 14.8 Å². The fourth-order valence-electron chi connectivity index (χ4n) is 2.52. The van der Waals surface area contributed by atoms with Gasteiger partial charge in [0.2, 0.25) is 5.95 Å². The normalized spacial score (nSPS) is 17.2. The predicted octanol–water partition coefficient (Wildman–Crippen LogP) is 2.05. The van der Waals surface area contributed by atoms with Gasteiger partial charge in [0.25, 0.3) is 0 Å². The van der Waals surface area contributed by atoms with Crippen LogP contribution in [0.1, 0.15) is 24.1 Å². The minimum atomic E-state index is -0.369. The second-order valence-electron chi connectivity index (χ2n) is 5.00. The van der Waals surface area contributed by atoms with Crippen LogP contribution in [0.3, 0.4) is 0 Å². The highest BCUT2D eigenvalue weighted by Gasteiger charge is 2.33. The molecule has 1 aliphatic heterocycles. The lowest BCUT2D eigenvalue weighted by atomic mass is 9.95. The number of benzene rings is 1. The highest BCUT2D eigenvalue weighted by molar-refractivity contribution is 5.92. The van der Waals surface area contributed by atoms with E-state index in [1.807, 2.05) is 38.1 Å². The molecule has 6 nitrogen and oxygen atoms in total. The number of nitrogens with one attached hydrogen (secondary N) is 1. The van der Waals surface area contributed by atoms with E-state index in [1.54, 1.807) is 4.68 Å². The Labute approximate surface area is 122 Å². The van der Waals surface area contributed by atoms with Gasteiger partial charge in [0, 0.05) is 5.70 Å². The minimum Gasteiger partial charge on any atom is -0.466 e. The Morgan fingerprint density at radius 3 is 2.67 bits per heavy atom. The lowest BCUT2D eigenvalue weighted by Gasteiger charge is -2.27. The van der Waals surface area contributed by atoms with Crippen molar-refractivity contribution in [3.8, 4) is 0 Å². The van der Waals surface area contributed by atoms with E-state index in [0.717, 1.165) is 16.8 Å². The van der Waals surface area contributed by atoms with Crippen LogP contribution in [0, 0.1) is 6.92 Å². The number of carbonyl (C=O) groups is 1. The maximum absolute atomic E-state index is 12.2. The third-order valence-corrected chi connectivity index (χ3v) is 3.59. The Balaban J connectivity index is 2.17. The van der Waals surface area contributed by atoms with Crippen molar-refractivity contribution >= 4 is 11.9 Å². The molecule has 108 valence electrons. The van der Waals surface area contributed by atoms with Gasteiger partial charge in [-0.25, -0.2) is 9.48 Å². The van der Waals surface area contributed by atoms with Crippen molar-refractivity contribution in [3.63, 3.8) is 0 Å². The van der Waals surface area contributed by atoms with Crippen LogP contribution in [0.4, 0.5) is 5.95 Å². The van der Waals surface area contributed by atoms with Crippen LogP contribution in [0.5, 0.6) is 0 Å². The first kappa shape index (κ1) is 13.4. The number of ether oxygens (including phenoxy) is 1. The fourth-order valence-corrected chi connectivity index (χ4v) is 2.52. The molecule has 6 heteroatoms. The zero-order valence-electron chi connectivity index (χ0n) is 12.1. The number of hydrogen-bond donors (Lipinski definition) is 1. The molecule has 0 saturated heterocycles. The second kappa shape index (κ2) is 5.05.